The molecule has 1 amide bonds. The highest BCUT2D eigenvalue weighted by atomic mass is 16.5. The van der Waals surface area contributed by atoms with Crippen LogP contribution in [0.15, 0.2) is 21.3 Å². The zero-order valence-corrected chi connectivity index (χ0v) is 16.1. The third kappa shape index (κ3) is 4.18. The van der Waals surface area contributed by atoms with Gasteiger partial charge < -0.3 is 24.4 Å². The van der Waals surface area contributed by atoms with Crippen LogP contribution < -0.4 is 20.8 Å². The number of amides is 1. The largest absolute Gasteiger partial charge is 0.548 e. The summed E-state index contributed by atoms with van der Waals surface area (Å²) in [6.07, 6.45) is 4.11. The van der Waals surface area contributed by atoms with Crippen LogP contribution in [0.4, 0.5) is 0 Å². The number of nitrogens with one attached hydrogen (secondary N) is 1. The van der Waals surface area contributed by atoms with Gasteiger partial charge in [0.25, 0.3) is 5.91 Å². The number of hydrogen-bond donors (Lipinski definition) is 1. The van der Waals surface area contributed by atoms with E-state index in [0.717, 1.165) is 30.4 Å². The molecule has 28 heavy (non-hydrogen) atoms. The second-order valence-electron chi connectivity index (χ2n) is 7.21. The van der Waals surface area contributed by atoms with E-state index in [2.05, 4.69) is 5.32 Å². The Labute approximate surface area is 162 Å². The van der Waals surface area contributed by atoms with Crippen molar-refractivity contribution in [1.82, 2.24) is 5.32 Å². The molecule has 0 saturated carbocycles. The molecule has 1 heterocycles. The first-order chi connectivity index (χ1) is 13.4. The third-order valence-electron chi connectivity index (χ3n) is 5.00. The van der Waals surface area contributed by atoms with Gasteiger partial charge in [0.05, 0.1) is 17.4 Å². The summed E-state index contributed by atoms with van der Waals surface area (Å²) in [5.41, 5.74) is 2.54. The van der Waals surface area contributed by atoms with E-state index >= 15 is 0 Å². The second kappa shape index (κ2) is 8.46. The summed E-state index contributed by atoms with van der Waals surface area (Å²) in [6, 6.07) is 2.54. The van der Waals surface area contributed by atoms with Gasteiger partial charge in [-0.1, -0.05) is 19.8 Å². The molecule has 0 bridgehead atoms. The molecule has 1 N–H and O–H groups in total. The maximum absolute atomic E-state index is 12.2. The molecule has 2 aromatic rings. The van der Waals surface area contributed by atoms with Crippen LogP contribution in [0.3, 0.4) is 0 Å². The van der Waals surface area contributed by atoms with Crippen molar-refractivity contribution in [1.29, 1.82) is 0 Å². The lowest BCUT2D eigenvalue weighted by Gasteiger charge is -2.20. The number of rotatable bonds is 8. The van der Waals surface area contributed by atoms with Crippen molar-refractivity contribution in [2.24, 2.45) is 0 Å². The van der Waals surface area contributed by atoms with Crippen molar-refractivity contribution in [3.05, 3.63) is 39.2 Å². The van der Waals surface area contributed by atoms with Gasteiger partial charge in [-0.3, -0.25) is 4.79 Å². The minimum atomic E-state index is -1.30. The highest BCUT2D eigenvalue weighted by Gasteiger charge is 2.23. The molecule has 150 valence electrons. The molecule has 0 fully saturated rings. The Morgan fingerprint density at radius 3 is 2.75 bits per heavy atom. The Balaban J connectivity index is 1.81. The predicted octanol–water partition coefficient (Wildman–Crippen LogP) is 1.39. The van der Waals surface area contributed by atoms with Crippen LogP contribution >= 0.6 is 0 Å². The molecule has 0 unspecified atom stereocenters. The average molecular weight is 386 g/mol. The number of aliphatic carboxylic acids is 1. The Kier molecular flexibility index (Phi) is 6.02. The van der Waals surface area contributed by atoms with Gasteiger partial charge >= 0.3 is 5.63 Å². The monoisotopic (exact) mass is 386 g/mol. The number of carboxylic acids is 1. The minimum absolute atomic E-state index is 0.316. The van der Waals surface area contributed by atoms with Crippen molar-refractivity contribution in [3.63, 3.8) is 0 Å². The maximum atomic E-state index is 12.2. The molecule has 7 heteroatoms. The number of unbranched alkanes of at least 4 members (excludes halogenated alkanes) is 1. The van der Waals surface area contributed by atoms with Crippen LogP contribution in [0.1, 0.15) is 49.3 Å². The van der Waals surface area contributed by atoms with Gasteiger partial charge in [-0.25, -0.2) is 4.79 Å². The second-order valence-corrected chi connectivity index (χ2v) is 7.21. The number of hydrogen-bond acceptors (Lipinski definition) is 6. The maximum Gasteiger partial charge on any atom is 0.339 e. The van der Waals surface area contributed by atoms with Crippen LogP contribution in [-0.2, 0) is 22.4 Å². The van der Waals surface area contributed by atoms with E-state index < -0.39 is 17.9 Å². The average Bonchev–Trinajstić information content (AvgIpc) is 3.13. The standard InChI is InChI=1S/C21H25NO6/c1-3-4-8-15(20(24)25)22-18(23)11-27-16-9-12(2)10-17-19(16)13-6-5-7-14(13)21(26)28-17/h9-10,15H,3-8,11H2,1-2H3,(H,22,23)(H,24,25)/p-1/t15-/m0/s1. The lowest BCUT2D eigenvalue weighted by atomic mass is 10.0. The summed E-state index contributed by atoms with van der Waals surface area (Å²) in [4.78, 5) is 35.5. The molecular formula is C21H24NO6-. The molecule has 1 atom stereocenters. The topological polar surface area (TPSA) is 109 Å². The Bertz CT molecular complexity index is 962. The van der Waals surface area contributed by atoms with Crippen LogP contribution in [0.5, 0.6) is 5.75 Å². The first-order valence-electron chi connectivity index (χ1n) is 9.63. The number of ether oxygens (including phenoxy) is 1. The minimum Gasteiger partial charge on any atom is -0.548 e. The molecule has 0 radical (unpaired) electrons. The van der Waals surface area contributed by atoms with Crippen molar-refractivity contribution < 1.29 is 23.8 Å². The number of aryl methyl sites for hydroxylation is 2. The quantitative estimate of drug-likeness (QED) is 0.687. The molecule has 3 rings (SSSR count). The van der Waals surface area contributed by atoms with E-state index in [1.54, 1.807) is 12.1 Å². The number of benzene rings is 1. The van der Waals surface area contributed by atoms with E-state index in [-0.39, 0.29) is 12.2 Å². The predicted molar refractivity (Wildman–Crippen MR) is 101 cm³/mol. The van der Waals surface area contributed by atoms with Crippen LogP contribution in [-0.4, -0.2) is 24.5 Å². The summed E-state index contributed by atoms with van der Waals surface area (Å²) < 4.78 is 11.2. The van der Waals surface area contributed by atoms with Crippen LogP contribution in [0, 0.1) is 6.92 Å². The van der Waals surface area contributed by atoms with E-state index in [4.69, 9.17) is 9.15 Å². The summed E-state index contributed by atoms with van der Waals surface area (Å²) in [5, 5.41) is 14.3. The van der Waals surface area contributed by atoms with Crippen LogP contribution in [0.2, 0.25) is 0 Å². The number of carboxylic acid groups (broad SMARTS) is 1. The highest BCUT2D eigenvalue weighted by molar-refractivity contribution is 5.89. The Morgan fingerprint density at radius 2 is 2.04 bits per heavy atom. The molecular weight excluding hydrogens is 362 g/mol. The van der Waals surface area contributed by atoms with Gasteiger partial charge in [-0.15, -0.1) is 0 Å². The molecule has 0 saturated heterocycles. The van der Waals surface area contributed by atoms with Crippen molar-refractivity contribution in [2.45, 2.75) is 58.4 Å². The van der Waals surface area contributed by atoms with Gasteiger partial charge in [-0.05, 0) is 55.9 Å². The summed E-state index contributed by atoms with van der Waals surface area (Å²) in [5.74, 6) is -1.37. The fourth-order valence-corrected chi connectivity index (χ4v) is 3.66. The highest BCUT2D eigenvalue weighted by Crippen LogP contribution is 2.35. The zero-order chi connectivity index (χ0) is 20.3. The van der Waals surface area contributed by atoms with E-state index in [1.807, 2.05) is 13.8 Å². The summed E-state index contributed by atoms with van der Waals surface area (Å²) >= 11 is 0. The van der Waals surface area contributed by atoms with E-state index in [1.165, 1.54) is 0 Å². The molecule has 0 spiro atoms. The van der Waals surface area contributed by atoms with E-state index in [9.17, 15) is 19.5 Å². The lowest BCUT2D eigenvalue weighted by Crippen LogP contribution is -2.49. The Hall–Kier alpha value is -2.83. The molecule has 7 nitrogen and oxygen atoms in total. The summed E-state index contributed by atoms with van der Waals surface area (Å²) in [6.45, 7) is 3.45. The summed E-state index contributed by atoms with van der Waals surface area (Å²) in [7, 11) is 0. The van der Waals surface area contributed by atoms with E-state index in [0.29, 0.717) is 41.5 Å². The Morgan fingerprint density at radius 1 is 1.29 bits per heavy atom. The van der Waals surface area contributed by atoms with Crippen molar-refractivity contribution in [2.75, 3.05) is 6.61 Å². The smallest absolute Gasteiger partial charge is 0.339 e. The lowest BCUT2D eigenvalue weighted by molar-refractivity contribution is -0.308. The first-order valence-corrected chi connectivity index (χ1v) is 9.63. The number of carbonyl (C=O) groups is 2. The number of fused-ring (bicyclic) bond motifs is 3. The van der Waals surface area contributed by atoms with Gasteiger partial charge in [0.2, 0.25) is 0 Å². The normalized spacial score (nSPS) is 13.9. The van der Waals surface area contributed by atoms with Gasteiger partial charge in [0.15, 0.2) is 6.61 Å². The van der Waals surface area contributed by atoms with Crippen molar-refractivity contribution >= 4 is 22.8 Å². The molecule has 1 aromatic carbocycles. The van der Waals surface area contributed by atoms with Crippen LogP contribution in [0.25, 0.3) is 11.0 Å². The van der Waals surface area contributed by atoms with Gasteiger partial charge in [0.1, 0.15) is 11.3 Å². The molecule has 1 aliphatic rings. The van der Waals surface area contributed by atoms with Gasteiger partial charge in [0, 0.05) is 5.56 Å². The third-order valence-corrected chi connectivity index (χ3v) is 5.00. The first kappa shape index (κ1) is 19.9. The van der Waals surface area contributed by atoms with Gasteiger partial charge in [-0.2, -0.15) is 0 Å². The zero-order valence-electron chi connectivity index (χ0n) is 16.1. The fraction of sp³-hybridized carbons (Fsp3) is 0.476. The fourth-order valence-electron chi connectivity index (χ4n) is 3.66. The molecule has 1 aromatic heterocycles. The number of carbonyl (C=O) groups excluding carboxylic acids is 2. The molecule has 0 aliphatic heterocycles. The SMILES string of the molecule is CCCC[C@H](NC(=O)COc1cc(C)cc2oc(=O)c3c(c12)CCC3)C(=O)[O-]. The molecule has 1 aliphatic carbocycles. The van der Waals surface area contributed by atoms with Crippen molar-refractivity contribution in [3.8, 4) is 5.75 Å².